The second-order valence-corrected chi connectivity index (χ2v) is 11.0. The first-order valence-corrected chi connectivity index (χ1v) is 11.7. The van der Waals surface area contributed by atoms with Gasteiger partial charge in [0.1, 0.15) is 0 Å². The van der Waals surface area contributed by atoms with E-state index in [1.165, 1.54) is 4.90 Å². The number of benzene rings is 1. The van der Waals surface area contributed by atoms with Gasteiger partial charge in [0, 0.05) is 24.4 Å². The van der Waals surface area contributed by atoms with Gasteiger partial charge in [0.05, 0.1) is 12.0 Å². The Morgan fingerprint density at radius 2 is 2.00 bits per heavy atom. The number of amides is 2. The topological polar surface area (TPSA) is 89.9 Å². The number of halogens is 1. The van der Waals surface area contributed by atoms with Crippen molar-refractivity contribution >= 4 is 23.6 Å². The smallest absolute Gasteiger partial charge is 0.322 e. The standard InChI is InChI=1S/C25H35ClN2O4/c1-24(2,3)9-7-17-5-6-19(13-21(17)26)25(4)20(18-11-16(12-18)15-29)14-28(23(32)27-25)10-8-22(30)31/h5-6,13-14,16,18,29H,7-12,15H2,1-4H3,(H,27,32)(H,30,31)/t16?,18?,25-/m0/s1. The summed E-state index contributed by atoms with van der Waals surface area (Å²) in [6.07, 6.45) is 5.30. The third kappa shape index (κ3) is 5.46. The zero-order chi connectivity index (χ0) is 23.7. The van der Waals surface area contributed by atoms with E-state index >= 15 is 0 Å². The monoisotopic (exact) mass is 462 g/mol. The number of rotatable bonds is 8. The molecule has 1 saturated carbocycles. The van der Waals surface area contributed by atoms with Crippen molar-refractivity contribution in [1.82, 2.24) is 10.2 Å². The van der Waals surface area contributed by atoms with Crippen LogP contribution in [0.3, 0.4) is 0 Å². The number of carboxylic acid groups (broad SMARTS) is 1. The molecule has 0 unspecified atom stereocenters. The van der Waals surface area contributed by atoms with Crippen molar-refractivity contribution in [3.63, 3.8) is 0 Å². The van der Waals surface area contributed by atoms with Crippen LogP contribution in [-0.2, 0) is 16.8 Å². The van der Waals surface area contributed by atoms with Gasteiger partial charge in [-0.25, -0.2) is 4.79 Å². The Morgan fingerprint density at radius 3 is 2.56 bits per heavy atom. The van der Waals surface area contributed by atoms with Gasteiger partial charge in [-0.15, -0.1) is 0 Å². The van der Waals surface area contributed by atoms with Gasteiger partial charge in [-0.1, -0.05) is 44.5 Å². The molecule has 2 amide bonds. The predicted octanol–water partition coefficient (Wildman–Crippen LogP) is 4.94. The summed E-state index contributed by atoms with van der Waals surface area (Å²) in [5, 5.41) is 22.3. The summed E-state index contributed by atoms with van der Waals surface area (Å²) in [6.45, 7) is 8.88. The molecule has 3 N–H and O–H groups in total. The minimum Gasteiger partial charge on any atom is -0.481 e. The van der Waals surface area contributed by atoms with Crippen molar-refractivity contribution in [3.8, 4) is 0 Å². The highest BCUT2D eigenvalue weighted by molar-refractivity contribution is 6.31. The maximum atomic E-state index is 12.9. The minimum absolute atomic E-state index is 0.114. The third-order valence-electron chi connectivity index (χ3n) is 6.77. The number of aliphatic hydroxyl groups excluding tert-OH is 1. The fraction of sp³-hybridized carbons (Fsp3) is 0.600. The van der Waals surface area contributed by atoms with E-state index in [2.05, 4.69) is 26.1 Å². The molecule has 32 heavy (non-hydrogen) atoms. The number of carbonyl (C=O) groups is 2. The largest absolute Gasteiger partial charge is 0.481 e. The van der Waals surface area contributed by atoms with Crippen molar-refractivity contribution in [2.45, 2.75) is 65.3 Å². The van der Waals surface area contributed by atoms with E-state index in [0.29, 0.717) is 5.02 Å². The molecule has 0 radical (unpaired) electrons. The normalized spacial score (nSPS) is 25.8. The van der Waals surface area contributed by atoms with Crippen LogP contribution in [0.5, 0.6) is 0 Å². The van der Waals surface area contributed by atoms with Crippen molar-refractivity contribution in [1.29, 1.82) is 0 Å². The average Bonchev–Trinajstić information content (AvgIpc) is 2.66. The summed E-state index contributed by atoms with van der Waals surface area (Å²) in [7, 11) is 0. The van der Waals surface area contributed by atoms with Crippen molar-refractivity contribution in [2.24, 2.45) is 17.3 Å². The summed E-state index contributed by atoms with van der Waals surface area (Å²) in [5.74, 6) is -0.467. The summed E-state index contributed by atoms with van der Waals surface area (Å²) in [4.78, 5) is 25.3. The second-order valence-electron chi connectivity index (χ2n) is 10.6. The summed E-state index contributed by atoms with van der Waals surface area (Å²) in [6, 6.07) is 5.71. The Hall–Kier alpha value is -2.05. The van der Waals surface area contributed by atoms with Gasteiger partial charge in [-0.3, -0.25) is 4.79 Å². The molecule has 1 fully saturated rings. The zero-order valence-corrected chi connectivity index (χ0v) is 20.2. The quantitative estimate of drug-likeness (QED) is 0.510. The van der Waals surface area contributed by atoms with Crippen LogP contribution < -0.4 is 5.32 Å². The number of aliphatic carboxylic acids is 1. The SMILES string of the molecule is CC(C)(C)CCc1ccc([C@]2(C)NC(=O)N(CCC(=O)O)C=C2C2CC(CO)C2)cc1Cl. The van der Waals surface area contributed by atoms with Gasteiger partial charge in [-0.05, 0) is 72.6 Å². The number of hydrogen-bond acceptors (Lipinski definition) is 3. The molecule has 0 saturated heterocycles. The lowest BCUT2D eigenvalue weighted by molar-refractivity contribution is -0.137. The van der Waals surface area contributed by atoms with Crippen LogP contribution in [-0.4, -0.2) is 40.3 Å². The number of carbonyl (C=O) groups excluding carboxylic acids is 1. The van der Waals surface area contributed by atoms with Gasteiger partial charge in [-0.2, -0.15) is 0 Å². The molecular weight excluding hydrogens is 428 g/mol. The molecule has 1 aliphatic heterocycles. The zero-order valence-electron chi connectivity index (χ0n) is 19.4. The Balaban J connectivity index is 1.91. The van der Waals surface area contributed by atoms with Crippen molar-refractivity contribution < 1.29 is 19.8 Å². The minimum atomic E-state index is -0.942. The van der Waals surface area contributed by atoms with E-state index in [9.17, 15) is 14.7 Å². The van der Waals surface area contributed by atoms with Crippen LogP contribution in [0.1, 0.15) is 64.5 Å². The number of aryl methyl sites for hydroxylation is 1. The molecule has 176 valence electrons. The Kier molecular flexibility index (Phi) is 7.25. The maximum absolute atomic E-state index is 12.9. The first kappa shape index (κ1) is 24.6. The molecule has 0 aromatic heterocycles. The van der Waals surface area contributed by atoms with Gasteiger partial charge in [0.2, 0.25) is 0 Å². The van der Waals surface area contributed by atoms with Crippen LogP contribution in [0.4, 0.5) is 4.79 Å². The molecular formula is C25H35ClN2O4. The molecule has 2 aliphatic rings. The fourth-order valence-corrected chi connectivity index (χ4v) is 4.83. The van der Waals surface area contributed by atoms with E-state index < -0.39 is 11.5 Å². The lowest BCUT2D eigenvalue weighted by atomic mass is 9.65. The van der Waals surface area contributed by atoms with Crippen LogP contribution in [0, 0.1) is 17.3 Å². The van der Waals surface area contributed by atoms with Crippen molar-refractivity contribution in [3.05, 3.63) is 46.1 Å². The summed E-state index contributed by atoms with van der Waals surface area (Å²) < 4.78 is 0. The highest BCUT2D eigenvalue weighted by atomic mass is 35.5. The van der Waals surface area contributed by atoms with E-state index in [1.54, 1.807) is 0 Å². The molecule has 3 rings (SSSR count). The molecule has 6 nitrogen and oxygen atoms in total. The van der Waals surface area contributed by atoms with Crippen LogP contribution in [0.15, 0.2) is 30.0 Å². The Morgan fingerprint density at radius 1 is 1.31 bits per heavy atom. The summed E-state index contributed by atoms with van der Waals surface area (Å²) >= 11 is 6.67. The Bertz CT molecular complexity index is 902. The Labute approximate surface area is 195 Å². The van der Waals surface area contributed by atoms with Crippen LogP contribution in [0.2, 0.25) is 5.02 Å². The van der Waals surface area contributed by atoms with E-state index in [0.717, 1.165) is 42.4 Å². The van der Waals surface area contributed by atoms with E-state index in [1.807, 2.05) is 31.3 Å². The van der Waals surface area contributed by atoms with Gasteiger partial charge >= 0.3 is 12.0 Å². The lowest BCUT2D eigenvalue weighted by Crippen LogP contribution is -2.56. The van der Waals surface area contributed by atoms with E-state index in [4.69, 9.17) is 16.7 Å². The third-order valence-corrected chi connectivity index (χ3v) is 7.12. The molecule has 0 bridgehead atoms. The molecule has 0 spiro atoms. The number of aliphatic hydroxyl groups is 1. The summed E-state index contributed by atoms with van der Waals surface area (Å²) in [5.41, 5.74) is 2.51. The first-order chi connectivity index (χ1) is 14.9. The second kappa shape index (κ2) is 9.44. The highest BCUT2D eigenvalue weighted by Crippen LogP contribution is 2.47. The van der Waals surface area contributed by atoms with Crippen molar-refractivity contribution in [2.75, 3.05) is 13.2 Å². The molecule has 1 heterocycles. The molecule has 1 atom stereocenters. The van der Waals surface area contributed by atoms with Gasteiger partial charge in [0.15, 0.2) is 0 Å². The van der Waals surface area contributed by atoms with E-state index in [-0.39, 0.29) is 42.9 Å². The fourth-order valence-electron chi connectivity index (χ4n) is 4.56. The predicted molar refractivity (Wildman–Crippen MR) is 125 cm³/mol. The van der Waals surface area contributed by atoms with Gasteiger partial charge < -0.3 is 20.4 Å². The number of hydrogen-bond donors (Lipinski definition) is 3. The van der Waals surface area contributed by atoms with Crippen LogP contribution >= 0.6 is 11.6 Å². The molecule has 1 aromatic carbocycles. The maximum Gasteiger partial charge on any atom is 0.322 e. The lowest BCUT2D eigenvalue weighted by Gasteiger charge is -2.47. The van der Waals surface area contributed by atoms with Gasteiger partial charge in [0.25, 0.3) is 0 Å². The molecule has 1 aromatic rings. The highest BCUT2D eigenvalue weighted by Gasteiger charge is 2.45. The average molecular weight is 463 g/mol. The number of carboxylic acids is 1. The van der Waals surface area contributed by atoms with Crippen LogP contribution in [0.25, 0.3) is 0 Å². The molecule has 1 aliphatic carbocycles. The number of nitrogens with one attached hydrogen (secondary N) is 1. The first-order valence-electron chi connectivity index (χ1n) is 11.4. The molecule has 7 heteroatoms. The number of urea groups is 1. The number of nitrogens with zero attached hydrogens (tertiary/aromatic N) is 1.